The van der Waals surface area contributed by atoms with Crippen LogP contribution in [0.5, 0.6) is 0 Å². The van der Waals surface area contributed by atoms with E-state index in [0.717, 1.165) is 11.1 Å². The van der Waals surface area contributed by atoms with Crippen LogP contribution in [0.4, 0.5) is 0 Å². The molecular formula is C17H18N2O3. The minimum Gasteiger partial charge on any atom is -0.481 e. The minimum absolute atomic E-state index is 0.0625. The van der Waals surface area contributed by atoms with Crippen LogP contribution in [0.1, 0.15) is 28.9 Å². The number of benzene rings is 1. The number of carboxylic acid groups (broad SMARTS) is 1. The maximum absolute atomic E-state index is 12.7. The lowest BCUT2D eigenvalue weighted by Crippen LogP contribution is -2.40. The number of rotatable bonds is 2. The van der Waals surface area contributed by atoms with Gasteiger partial charge in [-0.1, -0.05) is 18.2 Å². The number of carbonyl (C=O) groups excluding carboxylic acids is 1. The molecule has 1 aromatic heterocycles. The number of carboxylic acids is 1. The van der Waals surface area contributed by atoms with Crippen LogP contribution in [0.3, 0.4) is 0 Å². The van der Waals surface area contributed by atoms with Crippen LogP contribution in [0.15, 0.2) is 30.3 Å². The van der Waals surface area contributed by atoms with Gasteiger partial charge < -0.3 is 10.0 Å². The van der Waals surface area contributed by atoms with E-state index in [1.54, 1.807) is 11.0 Å². The highest BCUT2D eigenvalue weighted by atomic mass is 16.4. The number of pyridine rings is 1. The lowest BCUT2D eigenvalue weighted by Gasteiger charge is -2.30. The quantitative estimate of drug-likeness (QED) is 0.924. The zero-order valence-electron chi connectivity index (χ0n) is 12.5. The molecule has 1 N–H and O–H groups in total. The molecule has 1 aliphatic rings. The smallest absolute Gasteiger partial charge is 0.306 e. The lowest BCUT2D eigenvalue weighted by atomic mass is 9.96. The normalized spacial score (nSPS) is 16.0. The maximum atomic E-state index is 12.7. The molecule has 0 radical (unpaired) electrons. The Labute approximate surface area is 128 Å². The summed E-state index contributed by atoms with van der Waals surface area (Å²) in [6.07, 6.45) is 1.02. The molecule has 5 heteroatoms. The Morgan fingerprint density at radius 2 is 1.91 bits per heavy atom. The second-order valence-electron chi connectivity index (χ2n) is 5.73. The molecule has 0 aliphatic carbocycles. The van der Waals surface area contributed by atoms with Crippen LogP contribution in [0, 0.1) is 12.8 Å². The number of aliphatic carboxylic acids is 1. The van der Waals surface area contributed by atoms with Gasteiger partial charge in [-0.25, -0.2) is 0 Å². The topological polar surface area (TPSA) is 70.5 Å². The number of fused-ring (bicyclic) bond motifs is 1. The fourth-order valence-electron chi connectivity index (χ4n) is 2.92. The molecule has 0 unspecified atom stereocenters. The fourth-order valence-corrected chi connectivity index (χ4v) is 2.92. The highest BCUT2D eigenvalue weighted by molar-refractivity contribution is 6.05. The average molecular weight is 298 g/mol. The van der Waals surface area contributed by atoms with Gasteiger partial charge in [0.25, 0.3) is 5.91 Å². The Kier molecular flexibility index (Phi) is 3.79. The maximum Gasteiger partial charge on any atom is 0.306 e. The second-order valence-corrected chi connectivity index (χ2v) is 5.73. The standard InChI is InChI=1S/C17H18N2O3/c1-11-5-6-12-3-2-4-14(15(12)18-11)16(20)19-9-7-13(8-10-19)17(21)22/h2-6,13H,7-10H2,1H3,(H,21,22). The van der Waals surface area contributed by atoms with Gasteiger partial charge in [-0.2, -0.15) is 0 Å². The molecule has 0 saturated carbocycles. The van der Waals surface area contributed by atoms with Crippen molar-refractivity contribution < 1.29 is 14.7 Å². The van der Waals surface area contributed by atoms with Gasteiger partial charge in [0.1, 0.15) is 0 Å². The van der Waals surface area contributed by atoms with Crippen LogP contribution in [0.2, 0.25) is 0 Å². The molecular weight excluding hydrogens is 280 g/mol. The summed E-state index contributed by atoms with van der Waals surface area (Å²) in [5.41, 5.74) is 2.18. The molecule has 2 aromatic rings. The van der Waals surface area contributed by atoms with Gasteiger partial charge in [0, 0.05) is 24.2 Å². The predicted molar refractivity (Wildman–Crippen MR) is 82.7 cm³/mol. The van der Waals surface area contributed by atoms with Gasteiger partial charge in [0.15, 0.2) is 0 Å². The van der Waals surface area contributed by atoms with Crippen molar-refractivity contribution in [2.24, 2.45) is 5.92 Å². The van der Waals surface area contributed by atoms with E-state index >= 15 is 0 Å². The molecule has 114 valence electrons. The van der Waals surface area contributed by atoms with E-state index in [4.69, 9.17) is 5.11 Å². The number of para-hydroxylation sites is 1. The van der Waals surface area contributed by atoms with Gasteiger partial charge in [0.05, 0.1) is 17.0 Å². The van der Waals surface area contributed by atoms with E-state index in [1.807, 2.05) is 31.2 Å². The van der Waals surface area contributed by atoms with Crippen molar-refractivity contribution in [2.45, 2.75) is 19.8 Å². The molecule has 22 heavy (non-hydrogen) atoms. The zero-order chi connectivity index (χ0) is 15.7. The van der Waals surface area contributed by atoms with Crippen LogP contribution in [-0.2, 0) is 4.79 Å². The summed E-state index contributed by atoms with van der Waals surface area (Å²) in [5, 5.41) is 9.98. The number of aryl methyl sites for hydroxylation is 1. The summed E-state index contributed by atoms with van der Waals surface area (Å²) in [6.45, 7) is 2.87. The van der Waals surface area contributed by atoms with Gasteiger partial charge >= 0.3 is 5.97 Å². The van der Waals surface area contributed by atoms with Gasteiger partial charge in [-0.05, 0) is 31.9 Å². The van der Waals surface area contributed by atoms with Crippen LogP contribution in [-0.4, -0.2) is 40.0 Å². The zero-order valence-corrected chi connectivity index (χ0v) is 12.5. The van der Waals surface area contributed by atoms with Gasteiger partial charge in [-0.15, -0.1) is 0 Å². The third kappa shape index (κ3) is 2.66. The molecule has 1 fully saturated rings. The molecule has 0 bridgehead atoms. The Bertz CT molecular complexity index is 734. The van der Waals surface area contributed by atoms with Gasteiger partial charge in [0.2, 0.25) is 0 Å². The lowest BCUT2D eigenvalue weighted by molar-refractivity contribution is -0.143. The summed E-state index contributed by atoms with van der Waals surface area (Å²) < 4.78 is 0. The van der Waals surface area contributed by atoms with Crippen LogP contribution >= 0.6 is 0 Å². The molecule has 2 heterocycles. The number of hydrogen-bond acceptors (Lipinski definition) is 3. The SMILES string of the molecule is Cc1ccc2cccc(C(=O)N3CCC(C(=O)O)CC3)c2n1. The monoisotopic (exact) mass is 298 g/mol. The van der Waals surface area contributed by atoms with Crippen LogP contribution < -0.4 is 0 Å². The number of likely N-dealkylation sites (tertiary alicyclic amines) is 1. The van der Waals surface area contributed by atoms with E-state index in [9.17, 15) is 9.59 Å². The third-order valence-electron chi connectivity index (χ3n) is 4.22. The summed E-state index contributed by atoms with van der Waals surface area (Å²) in [6, 6.07) is 9.48. The van der Waals surface area contributed by atoms with Crippen molar-refractivity contribution in [3.05, 3.63) is 41.6 Å². The van der Waals surface area contributed by atoms with E-state index in [2.05, 4.69) is 4.98 Å². The Morgan fingerprint density at radius 3 is 2.59 bits per heavy atom. The summed E-state index contributed by atoms with van der Waals surface area (Å²) >= 11 is 0. The average Bonchev–Trinajstić information content (AvgIpc) is 2.53. The summed E-state index contributed by atoms with van der Waals surface area (Å²) in [4.78, 5) is 30.0. The van der Waals surface area contributed by atoms with Crippen LogP contribution in [0.25, 0.3) is 10.9 Å². The van der Waals surface area contributed by atoms with Crippen molar-refractivity contribution in [1.29, 1.82) is 0 Å². The summed E-state index contributed by atoms with van der Waals surface area (Å²) in [7, 11) is 0. The van der Waals surface area contributed by atoms with E-state index in [0.29, 0.717) is 37.0 Å². The van der Waals surface area contributed by atoms with Crippen molar-refractivity contribution in [3.63, 3.8) is 0 Å². The first-order valence-corrected chi connectivity index (χ1v) is 7.45. The van der Waals surface area contributed by atoms with Gasteiger partial charge in [-0.3, -0.25) is 14.6 Å². The van der Waals surface area contributed by atoms with Crippen molar-refractivity contribution in [2.75, 3.05) is 13.1 Å². The second kappa shape index (κ2) is 5.75. The number of aromatic nitrogens is 1. The minimum atomic E-state index is -0.769. The van der Waals surface area contributed by atoms with E-state index in [1.165, 1.54) is 0 Å². The number of carbonyl (C=O) groups is 2. The predicted octanol–water partition coefficient (Wildman–Crippen LogP) is 2.48. The number of amides is 1. The molecule has 5 nitrogen and oxygen atoms in total. The first-order chi connectivity index (χ1) is 10.6. The first kappa shape index (κ1) is 14.5. The fraction of sp³-hybridized carbons (Fsp3) is 0.353. The molecule has 0 spiro atoms. The number of hydrogen-bond donors (Lipinski definition) is 1. The van der Waals surface area contributed by atoms with Crippen molar-refractivity contribution in [3.8, 4) is 0 Å². The molecule has 1 amide bonds. The Balaban J connectivity index is 1.87. The van der Waals surface area contributed by atoms with Crippen molar-refractivity contribution in [1.82, 2.24) is 9.88 Å². The Morgan fingerprint density at radius 1 is 1.18 bits per heavy atom. The van der Waals surface area contributed by atoms with E-state index in [-0.39, 0.29) is 11.8 Å². The molecule has 1 aliphatic heterocycles. The number of piperidine rings is 1. The first-order valence-electron chi connectivity index (χ1n) is 7.45. The van der Waals surface area contributed by atoms with E-state index < -0.39 is 5.97 Å². The molecule has 1 aromatic carbocycles. The molecule has 0 atom stereocenters. The Hall–Kier alpha value is -2.43. The van der Waals surface area contributed by atoms with Crippen molar-refractivity contribution >= 4 is 22.8 Å². The molecule has 3 rings (SSSR count). The third-order valence-corrected chi connectivity index (χ3v) is 4.22. The summed E-state index contributed by atoms with van der Waals surface area (Å²) in [5.74, 6) is -1.17. The highest BCUT2D eigenvalue weighted by Gasteiger charge is 2.28. The number of nitrogens with zero attached hydrogens (tertiary/aromatic N) is 2. The largest absolute Gasteiger partial charge is 0.481 e. The highest BCUT2D eigenvalue weighted by Crippen LogP contribution is 2.23. The molecule has 1 saturated heterocycles.